The highest BCUT2D eigenvalue weighted by Gasteiger charge is 2.34. The SMILES string of the molecule is CSC(C)(C)C(O)C1CCOCC1. The number of ether oxygens (including phenoxy) is 1. The van der Waals surface area contributed by atoms with Crippen molar-refractivity contribution in [2.45, 2.75) is 37.5 Å². The van der Waals surface area contributed by atoms with Crippen molar-refractivity contribution in [2.75, 3.05) is 19.5 Å². The van der Waals surface area contributed by atoms with Crippen LogP contribution in [0.1, 0.15) is 26.7 Å². The van der Waals surface area contributed by atoms with Crippen LogP contribution < -0.4 is 0 Å². The minimum atomic E-state index is -0.202. The van der Waals surface area contributed by atoms with Gasteiger partial charge in [-0.1, -0.05) is 0 Å². The molecule has 0 aromatic heterocycles. The Hall–Kier alpha value is 0.270. The average molecular weight is 204 g/mol. The predicted molar refractivity (Wildman–Crippen MR) is 57.1 cm³/mol. The standard InChI is InChI=1S/C10H20O2S/c1-10(2,13-3)9(11)8-4-6-12-7-5-8/h8-9,11H,4-7H2,1-3H3. The number of hydrogen-bond acceptors (Lipinski definition) is 3. The van der Waals surface area contributed by atoms with E-state index in [2.05, 4.69) is 20.1 Å². The maximum Gasteiger partial charge on any atom is 0.0711 e. The molecular formula is C10H20O2S. The minimum absolute atomic E-state index is 0.0258. The molecule has 0 amide bonds. The largest absolute Gasteiger partial charge is 0.391 e. The van der Waals surface area contributed by atoms with E-state index in [1.807, 2.05) is 0 Å². The zero-order valence-electron chi connectivity index (χ0n) is 8.75. The second-order valence-corrected chi connectivity index (χ2v) is 5.66. The smallest absolute Gasteiger partial charge is 0.0711 e. The molecule has 0 radical (unpaired) electrons. The summed E-state index contributed by atoms with van der Waals surface area (Å²) in [4.78, 5) is 0. The van der Waals surface area contributed by atoms with E-state index in [9.17, 15) is 5.11 Å². The fraction of sp³-hybridized carbons (Fsp3) is 1.00. The summed E-state index contributed by atoms with van der Waals surface area (Å²) in [5.74, 6) is 0.427. The Morgan fingerprint density at radius 3 is 2.38 bits per heavy atom. The first kappa shape index (κ1) is 11.3. The van der Waals surface area contributed by atoms with Crippen molar-refractivity contribution in [3.8, 4) is 0 Å². The maximum absolute atomic E-state index is 10.1. The van der Waals surface area contributed by atoms with Crippen molar-refractivity contribution in [1.82, 2.24) is 0 Å². The topological polar surface area (TPSA) is 29.5 Å². The van der Waals surface area contributed by atoms with Gasteiger partial charge in [-0.25, -0.2) is 0 Å². The van der Waals surface area contributed by atoms with Gasteiger partial charge in [0.25, 0.3) is 0 Å². The monoisotopic (exact) mass is 204 g/mol. The van der Waals surface area contributed by atoms with E-state index < -0.39 is 0 Å². The molecule has 1 heterocycles. The molecule has 13 heavy (non-hydrogen) atoms. The van der Waals surface area contributed by atoms with Crippen molar-refractivity contribution in [1.29, 1.82) is 0 Å². The lowest BCUT2D eigenvalue weighted by molar-refractivity contribution is -0.00316. The quantitative estimate of drug-likeness (QED) is 0.761. The molecule has 1 unspecified atom stereocenters. The lowest BCUT2D eigenvalue weighted by Gasteiger charge is -2.36. The molecule has 1 N–H and O–H groups in total. The van der Waals surface area contributed by atoms with E-state index in [1.165, 1.54) is 0 Å². The van der Waals surface area contributed by atoms with Gasteiger partial charge in [-0.2, -0.15) is 11.8 Å². The molecule has 0 aromatic carbocycles. The first-order chi connectivity index (χ1) is 6.08. The van der Waals surface area contributed by atoms with Gasteiger partial charge < -0.3 is 9.84 Å². The number of hydrogen-bond donors (Lipinski definition) is 1. The molecule has 3 heteroatoms. The Kier molecular flexibility index (Phi) is 4.07. The van der Waals surface area contributed by atoms with Crippen LogP contribution in [0, 0.1) is 5.92 Å². The third-order valence-electron chi connectivity index (χ3n) is 2.95. The van der Waals surface area contributed by atoms with Gasteiger partial charge in [0.05, 0.1) is 6.10 Å². The summed E-state index contributed by atoms with van der Waals surface area (Å²) < 4.78 is 5.25. The normalized spacial score (nSPS) is 23.1. The van der Waals surface area contributed by atoms with E-state index in [-0.39, 0.29) is 10.9 Å². The third kappa shape index (κ3) is 2.86. The molecule has 78 valence electrons. The lowest BCUT2D eigenvalue weighted by Crippen LogP contribution is -2.41. The van der Waals surface area contributed by atoms with Crippen LogP contribution in [-0.4, -0.2) is 35.4 Å². The second-order valence-electron chi connectivity index (χ2n) is 4.20. The van der Waals surface area contributed by atoms with Gasteiger partial charge in [0.1, 0.15) is 0 Å². The Bertz CT molecular complexity index is 153. The van der Waals surface area contributed by atoms with E-state index in [0.717, 1.165) is 26.1 Å². The molecule has 0 aromatic rings. The highest BCUT2D eigenvalue weighted by atomic mass is 32.2. The minimum Gasteiger partial charge on any atom is -0.391 e. The molecule has 0 saturated carbocycles. The molecule has 1 rings (SSSR count). The summed E-state index contributed by atoms with van der Waals surface area (Å²) in [5, 5.41) is 10.1. The maximum atomic E-state index is 10.1. The average Bonchev–Trinajstić information content (AvgIpc) is 2.18. The van der Waals surface area contributed by atoms with Crippen molar-refractivity contribution >= 4 is 11.8 Å². The van der Waals surface area contributed by atoms with Crippen LogP contribution >= 0.6 is 11.8 Å². The van der Waals surface area contributed by atoms with E-state index >= 15 is 0 Å². The molecule has 2 nitrogen and oxygen atoms in total. The van der Waals surface area contributed by atoms with Crippen LogP contribution in [0.3, 0.4) is 0 Å². The van der Waals surface area contributed by atoms with Gasteiger partial charge >= 0.3 is 0 Å². The molecule has 0 aliphatic carbocycles. The Balaban J connectivity index is 2.49. The first-order valence-electron chi connectivity index (χ1n) is 4.89. The van der Waals surface area contributed by atoms with Gasteiger partial charge in [-0.15, -0.1) is 0 Å². The van der Waals surface area contributed by atoms with E-state index in [1.54, 1.807) is 11.8 Å². The number of aliphatic hydroxyl groups is 1. The summed E-state index contributed by atoms with van der Waals surface area (Å²) in [7, 11) is 0. The van der Waals surface area contributed by atoms with Crippen molar-refractivity contribution < 1.29 is 9.84 Å². The zero-order chi connectivity index (χ0) is 9.90. The van der Waals surface area contributed by atoms with Crippen LogP contribution in [0.25, 0.3) is 0 Å². The van der Waals surface area contributed by atoms with Gasteiger partial charge in [-0.3, -0.25) is 0 Å². The molecule has 0 bridgehead atoms. The van der Waals surface area contributed by atoms with Crippen molar-refractivity contribution in [2.24, 2.45) is 5.92 Å². The third-order valence-corrected chi connectivity index (χ3v) is 4.24. The van der Waals surface area contributed by atoms with Crippen molar-refractivity contribution in [3.05, 3.63) is 0 Å². The number of rotatable bonds is 3. The van der Waals surface area contributed by atoms with Gasteiger partial charge in [0.15, 0.2) is 0 Å². The van der Waals surface area contributed by atoms with E-state index in [4.69, 9.17) is 4.74 Å². The highest BCUT2D eigenvalue weighted by molar-refractivity contribution is 8.00. The van der Waals surface area contributed by atoms with Crippen LogP contribution in [0.2, 0.25) is 0 Å². The molecule has 1 aliphatic rings. The zero-order valence-corrected chi connectivity index (χ0v) is 9.56. The van der Waals surface area contributed by atoms with Crippen LogP contribution in [0.4, 0.5) is 0 Å². The summed E-state index contributed by atoms with van der Waals surface area (Å²) in [6, 6.07) is 0. The Labute approximate surface area is 85.0 Å². The van der Waals surface area contributed by atoms with Crippen LogP contribution in [-0.2, 0) is 4.74 Å². The van der Waals surface area contributed by atoms with Gasteiger partial charge in [0, 0.05) is 18.0 Å². The summed E-state index contributed by atoms with van der Waals surface area (Å²) in [6.07, 6.45) is 3.87. The fourth-order valence-corrected chi connectivity index (χ4v) is 2.15. The number of thioether (sulfide) groups is 1. The fourth-order valence-electron chi connectivity index (χ4n) is 1.72. The van der Waals surface area contributed by atoms with E-state index in [0.29, 0.717) is 5.92 Å². The van der Waals surface area contributed by atoms with Crippen molar-refractivity contribution in [3.63, 3.8) is 0 Å². The second kappa shape index (κ2) is 4.67. The molecule has 0 spiro atoms. The molecule has 1 aliphatic heterocycles. The Morgan fingerprint density at radius 2 is 1.92 bits per heavy atom. The van der Waals surface area contributed by atoms with Gasteiger partial charge in [0.2, 0.25) is 0 Å². The number of aliphatic hydroxyl groups excluding tert-OH is 1. The Morgan fingerprint density at radius 1 is 1.38 bits per heavy atom. The molecule has 1 atom stereocenters. The highest BCUT2D eigenvalue weighted by Crippen LogP contribution is 2.33. The lowest BCUT2D eigenvalue weighted by atomic mass is 9.87. The first-order valence-corrected chi connectivity index (χ1v) is 6.11. The summed E-state index contributed by atoms with van der Waals surface area (Å²) in [5.41, 5.74) is 0. The summed E-state index contributed by atoms with van der Waals surface area (Å²) in [6.45, 7) is 5.84. The molecule has 1 fully saturated rings. The van der Waals surface area contributed by atoms with Crippen LogP contribution in [0.15, 0.2) is 0 Å². The van der Waals surface area contributed by atoms with Crippen LogP contribution in [0.5, 0.6) is 0 Å². The van der Waals surface area contributed by atoms with Gasteiger partial charge in [-0.05, 0) is 38.9 Å². The predicted octanol–water partition coefficient (Wildman–Crippen LogP) is 1.92. The molecular weight excluding hydrogens is 184 g/mol. The summed E-state index contributed by atoms with van der Waals surface area (Å²) >= 11 is 1.74. The molecule has 1 saturated heterocycles.